The van der Waals surface area contributed by atoms with Gasteiger partial charge in [-0.25, -0.2) is 4.98 Å². The van der Waals surface area contributed by atoms with Crippen LogP contribution >= 0.6 is 0 Å². The van der Waals surface area contributed by atoms with Gasteiger partial charge in [0.1, 0.15) is 5.75 Å². The molecule has 0 unspecified atom stereocenters. The first-order valence-electron chi connectivity index (χ1n) is 10.6. The van der Waals surface area contributed by atoms with E-state index in [0.29, 0.717) is 12.6 Å². The van der Waals surface area contributed by atoms with Crippen LogP contribution in [0.15, 0.2) is 43.0 Å². The van der Waals surface area contributed by atoms with E-state index in [2.05, 4.69) is 37.5 Å². The second-order valence-electron chi connectivity index (χ2n) is 8.08. The zero-order chi connectivity index (χ0) is 19.2. The van der Waals surface area contributed by atoms with Gasteiger partial charge in [-0.1, -0.05) is 18.6 Å². The zero-order valence-corrected chi connectivity index (χ0v) is 16.6. The number of aliphatic hydroxyl groups excluding tert-OH is 1. The average molecular weight is 385 g/mol. The molecule has 0 radical (unpaired) electrons. The van der Waals surface area contributed by atoms with Crippen LogP contribution in [0.3, 0.4) is 0 Å². The number of rotatable bonds is 8. The molecule has 6 nitrogen and oxygen atoms in total. The molecule has 6 heteroatoms. The van der Waals surface area contributed by atoms with Gasteiger partial charge < -0.3 is 14.4 Å². The minimum atomic E-state index is -0.235. The SMILES string of the molecule is O[C@@H]1CN(Cc2cccc(OCCCn3ccnc3)c2)C[C@H]1N1CCCCC1. The van der Waals surface area contributed by atoms with E-state index in [1.54, 1.807) is 6.20 Å². The standard InChI is InChI=1S/C22H32N4O2/c27-22-17-25(16-21(22)26-10-2-1-3-11-26)15-19-6-4-7-20(14-19)28-13-5-9-24-12-8-23-18-24/h4,6-8,12,14,18,21-22,27H,1-3,5,9-11,13,15-17H2/t21-,22-/m1/s1. The van der Waals surface area contributed by atoms with Crippen molar-refractivity contribution in [2.45, 2.75) is 50.9 Å². The third kappa shape index (κ3) is 5.13. The lowest BCUT2D eigenvalue weighted by atomic mass is 10.1. The molecule has 3 heterocycles. The topological polar surface area (TPSA) is 53.8 Å². The molecule has 2 saturated heterocycles. The number of hydrogen-bond donors (Lipinski definition) is 1. The van der Waals surface area contributed by atoms with Gasteiger partial charge in [0.2, 0.25) is 0 Å². The van der Waals surface area contributed by atoms with E-state index >= 15 is 0 Å². The van der Waals surface area contributed by atoms with Gasteiger partial charge in [-0.05, 0) is 50.0 Å². The Morgan fingerprint density at radius 2 is 2.04 bits per heavy atom. The molecule has 0 amide bonds. The highest BCUT2D eigenvalue weighted by atomic mass is 16.5. The number of benzene rings is 1. The van der Waals surface area contributed by atoms with E-state index in [0.717, 1.165) is 51.4 Å². The summed E-state index contributed by atoms with van der Waals surface area (Å²) in [4.78, 5) is 8.93. The Bertz CT molecular complexity index is 715. The van der Waals surface area contributed by atoms with Crippen LogP contribution in [-0.2, 0) is 13.1 Å². The number of aromatic nitrogens is 2. The summed E-state index contributed by atoms with van der Waals surface area (Å²) < 4.78 is 8.00. The molecule has 2 aliphatic rings. The minimum Gasteiger partial charge on any atom is -0.494 e. The smallest absolute Gasteiger partial charge is 0.119 e. The molecule has 2 fully saturated rings. The van der Waals surface area contributed by atoms with E-state index < -0.39 is 0 Å². The lowest BCUT2D eigenvalue weighted by Crippen LogP contribution is -2.45. The number of ether oxygens (including phenoxy) is 1. The van der Waals surface area contributed by atoms with Crippen LogP contribution in [0.25, 0.3) is 0 Å². The van der Waals surface area contributed by atoms with Crippen LogP contribution in [0.2, 0.25) is 0 Å². The number of likely N-dealkylation sites (tertiary alicyclic amines) is 2. The highest BCUT2D eigenvalue weighted by Gasteiger charge is 2.35. The quantitative estimate of drug-likeness (QED) is 0.709. The maximum Gasteiger partial charge on any atom is 0.119 e. The first-order chi connectivity index (χ1) is 13.8. The summed E-state index contributed by atoms with van der Waals surface area (Å²) in [6.45, 7) is 6.47. The van der Waals surface area contributed by atoms with Crippen molar-refractivity contribution in [3.8, 4) is 5.75 Å². The molecule has 0 spiro atoms. The summed E-state index contributed by atoms with van der Waals surface area (Å²) >= 11 is 0. The Hall–Kier alpha value is -1.89. The van der Waals surface area contributed by atoms with Crippen LogP contribution in [0.5, 0.6) is 5.75 Å². The van der Waals surface area contributed by atoms with Crippen LogP contribution in [-0.4, -0.2) is 69.4 Å². The van der Waals surface area contributed by atoms with Crippen LogP contribution in [0.4, 0.5) is 0 Å². The van der Waals surface area contributed by atoms with Gasteiger partial charge in [0.15, 0.2) is 0 Å². The number of imidazole rings is 1. The van der Waals surface area contributed by atoms with Crippen molar-refractivity contribution in [2.75, 3.05) is 32.8 Å². The number of β-amino-alcohol motifs (C(OH)–C–C–N with tert-alkyl or cyclic N) is 1. The van der Waals surface area contributed by atoms with Crippen LogP contribution < -0.4 is 4.74 Å². The molecular formula is C22H32N4O2. The Kier molecular flexibility index (Phi) is 6.62. The monoisotopic (exact) mass is 384 g/mol. The summed E-state index contributed by atoms with van der Waals surface area (Å²) in [5.74, 6) is 0.926. The van der Waals surface area contributed by atoms with Crippen LogP contribution in [0.1, 0.15) is 31.2 Å². The molecular weight excluding hydrogens is 352 g/mol. The van der Waals surface area contributed by atoms with Gasteiger partial charge in [-0.15, -0.1) is 0 Å². The van der Waals surface area contributed by atoms with Gasteiger partial charge in [0.05, 0.1) is 19.0 Å². The Morgan fingerprint density at radius 1 is 1.14 bits per heavy atom. The fourth-order valence-corrected chi connectivity index (χ4v) is 4.43. The van der Waals surface area contributed by atoms with Crippen molar-refractivity contribution in [3.05, 3.63) is 48.5 Å². The van der Waals surface area contributed by atoms with E-state index in [1.807, 2.05) is 18.6 Å². The highest BCUT2D eigenvalue weighted by Crippen LogP contribution is 2.23. The molecule has 0 bridgehead atoms. The third-order valence-electron chi connectivity index (χ3n) is 5.89. The summed E-state index contributed by atoms with van der Waals surface area (Å²) in [5, 5.41) is 10.6. The predicted molar refractivity (Wildman–Crippen MR) is 109 cm³/mol. The Balaban J connectivity index is 1.25. The number of piperidine rings is 1. The minimum absolute atomic E-state index is 0.235. The Labute approximate surface area is 167 Å². The maximum atomic E-state index is 10.6. The van der Waals surface area contributed by atoms with E-state index in [1.165, 1.54) is 24.8 Å². The van der Waals surface area contributed by atoms with E-state index in [4.69, 9.17) is 4.74 Å². The normalized spacial score (nSPS) is 23.9. The molecule has 1 aromatic carbocycles. The molecule has 152 valence electrons. The summed E-state index contributed by atoms with van der Waals surface area (Å²) in [6.07, 6.45) is 10.2. The third-order valence-corrected chi connectivity index (χ3v) is 5.89. The molecule has 2 atom stereocenters. The largest absolute Gasteiger partial charge is 0.494 e. The fraction of sp³-hybridized carbons (Fsp3) is 0.591. The Morgan fingerprint density at radius 3 is 2.86 bits per heavy atom. The highest BCUT2D eigenvalue weighted by molar-refractivity contribution is 5.28. The van der Waals surface area contributed by atoms with Crippen molar-refractivity contribution in [1.29, 1.82) is 0 Å². The van der Waals surface area contributed by atoms with Crippen molar-refractivity contribution in [3.63, 3.8) is 0 Å². The van der Waals surface area contributed by atoms with Gasteiger partial charge >= 0.3 is 0 Å². The van der Waals surface area contributed by atoms with E-state index in [9.17, 15) is 5.11 Å². The summed E-state index contributed by atoms with van der Waals surface area (Å²) in [6, 6.07) is 8.67. The molecule has 0 aliphatic carbocycles. The second-order valence-corrected chi connectivity index (χ2v) is 8.08. The number of aryl methyl sites for hydroxylation is 1. The number of aliphatic hydroxyl groups is 1. The van der Waals surface area contributed by atoms with Crippen molar-refractivity contribution >= 4 is 0 Å². The first kappa shape index (κ1) is 19.4. The molecule has 4 rings (SSSR count). The van der Waals surface area contributed by atoms with Crippen molar-refractivity contribution < 1.29 is 9.84 Å². The number of hydrogen-bond acceptors (Lipinski definition) is 5. The van der Waals surface area contributed by atoms with Gasteiger partial charge in [-0.2, -0.15) is 0 Å². The molecule has 1 aromatic heterocycles. The van der Waals surface area contributed by atoms with Crippen molar-refractivity contribution in [2.24, 2.45) is 0 Å². The summed E-state index contributed by atoms with van der Waals surface area (Å²) in [7, 11) is 0. The average Bonchev–Trinajstić information content (AvgIpc) is 3.36. The van der Waals surface area contributed by atoms with Gasteiger partial charge in [-0.3, -0.25) is 9.80 Å². The molecule has 2 aromatic rings. The van der Waals surface area contributed by atoms with Gasteiger partial charge in [0, 0.05) is 44.6 Å². The maximum absolute atomic E-state index is 10.6. The van der Waals surface area contributed by atoms with Crippen molar-refractivity contribution in [1.82, 2.24) is 19.4 Å². The zero-order valence-electron chi connectivity index (χ0n) is 16.6. The van der Waals surface area contributed by atoms with Gasteiger partial charge in [0.25, 0.3) is 0 Å². The van der Waals surface area contributed by atoms with E-state index in [-0.39, 0.29) is 6.10 Å². The lowest BCUT2D eigenvalue weighted by Gasteiger charge is -2.33. The van der Waals surface area contributed by atoms with Crippen LogP contribution in [0, 0.1) is 0 Å². The predicted octanol–water partition coefficient (Wildman–Crippen LogP) is 2.38. The summed E-state index contributed by atoms with van der Waals surface area (Å²) in [5.41, 5.74) is 1.25. The fourth-order valence-electron chi connectivity index (χ4n) is 4.43. The molecule has 2 aliphatic heterocycles. The molecule has 1 N–H and O–H groups in total. The number of nitrogens with zero attached hydrogens (tertiary/aromatic N) is 4. The molecule has 28 heavy (non-hydrogen) atoms. The first-order valence-corrected chi connectivity index (χ1v) is 10.6. The lowest BCUT2D eigenvalue weighted by molar-refractivity contribution is 0.0706. The molecule has 0 saturated carbocycles. The second kappa shape index (κ2) is 9.54.